The molecule has 1 aliphatic heterocycles. The van der Waals surface area contributed by atoms with E-state index in [4.69, 9.17) is 5.11 Å². The van der Waals surface area contributed by atoms with Crippen molar-refractivity contribution < 1.29 is 18.3 Å². The highest BCUT2D eigenvalue weighted by Crippen LogP contribution is 2.34. The third-order valence-electron chi connectivity index (χ3n) is 3.28. The van der Waals surface area contributed by atoms with E-state index in [9.17, 15) is 13.2 Å². The first kappa shape index (κ1) is 13.9. The van der Waals surface area contributed by atoms with E-state index < -0.39 is 15.8 Å². The van der Waals surface area contributed by atoms with Crippen LogP contribution < -0.4 is 4.90 Å². The molecule has 0 amide bonds. The molecule has 1 N–H and O–H groups in total. The van der Waals surface area contributed by atoms with Crippen LogP contribution in [0.4, 0.5) is 5.69 Å². The van der Waals surface area contributed by atoms with Gasteiger partial charge in [0.05, 0.1) is 22.8 Å². The van der Waals surface area contributed by atoms with Crippen molar-refractivity contribution in [1.82, 2.24) is 0 Å². The van der Waals surface area contributed by atoms with Crippen molar-refractivity contribution in [2.24, 2.45) is 0 Å². The van der Waals surface area contributed by atoms with Crippen LogP contribution in [0.25, 0.3) is 0 Å². The van der Waals surface area contributed by atoms with Gasteiger partial charge in [0.1, 0.15) is 0 Å². The highest BCUT2D eigenvalue weighted by Gasteiger charge is 2.30. The minimum Gasteiger partial charge on any atom is -0.481 e. The number of nitrogens with zero attached hydrogens (tertiary/aromatic N) is 1. The number of anilines is 1. The second-order valence-corrected chi connectivity index (χ2v) is 6.93. The molecule has 1 aromatic rings. The molecule has 6 heteroatoms. The van der Waals surface area contributed by atoms with E-state index in [0.29, 0.717) is 23.7 Å². The fourth-order valence-electron chi connectivity index (χ4n) is 2.49. The maximum absolute atomic E-state index is 12.1. The van der Waals surface area contributed by atoms with Gasteiger partial charge in [-0.2, -0.15) is 0 Å². The molecule has 0 radical (unpaired) electrons. The van der Waals surface area contributed by atoms with E-state index in [2.05, 4.69) is 0 Å². The quantitative estimate of drug-likeness (QED) is 0.907. The van der Waals surface area contributed by atoms with Crippen LogP contribution in [0, 0.1) is 13.8 Å². The van der Waals surface area contributed by atoms with Crippen LogP contribution in [0.2, 0.25) is 0 Å². The predicted octanol–water partition coefficient (Wildman–Crippen LogP) is 1.37. The van der Waals surface area contributed by atoms with Crippen LogP contribution in [0.15, 0.2) is 17.0 Å². The lowest BCUT2D eigenvalue weighted by Gasteiger charge is -2.32. The number of fused-ring (bicyclic) bond motifs is 1. The third kappa shape index (κ3) is 2.73. The molecule has 19 heavy (non-hydrogen) atoms. The number of aryl methyl sites for hydroxylation is 2. The smallest absolute Gasteiger partial charge is 0.305 e. The summed E-state index contributed by atoms with van der Waals surface area (Å²) in [6, 6.07) is 3.66. The van der Waals surface area contributed by atoms with Crippen LogP contribution in [0.1, 0.15) is 17.5 Å². The van der Waals surface area contributed by atoms with Crippen LogP contribution in [-0.2, 0) is 14.6 Å². The van der Waals surface area contributed by atoms with Gasteiger partial charge in [-0.3, -0.25) is 4.79 Å². The molecule has 1 aliphatic rings. The van der Waals surface area contributed by atoms with Crippen molar-refractivity contribution in [3.05, 3.63) is 23.3 Å². The Morgan fingerprint density at radius 2 is 2.05 bits per heavy atom. The third-order valence-corrected chi connectivity index (χ3v) is 5.15. The molecule has 0 unspecified atom stereocenters. The minimum atomic E-state index is -3.25. The maximum atomic E-state index is 12.1. The summed E-state index contributed by atoms with van der Waals surface area (Å²) in [6.07, 6.45) is 0.00643. The molecule has 5 nitrogen and oxygen atoms in total. The fraction of sp³-hybridized carbons (Fsp3) is 0.462. The molecule has 0 aliphatic carbocycles. The number of aliphatic carboxylic acids is 1. The largest absolute Gasteiger partial charge is 0.481 e. The monoisotopic (exact) mass is 283 g/mol. The standard InChI is InChI=1S/C13H17NO4S/c1-9-7-10(2)13-11(8-9)14(4-3-12(15)16)5-6-19(13,17)18/h7-8H,3-6H2,1-2H3,(H,15,16). The lowest BCUT2D eigenvalue weighted by Crippen LogP contribution is -2.37. The minimum absolute atomic E-state index is 0.00643. The van der Waals surface area contributed by atoms with Gasteiger partial charge >= 0.3 is 5.97 Å². The summed E-state index contributed by atoms with van der Waals surface area (Å²) in [4.78, 5) is 12.9. The van der Waals surface area contributed by atoms with Crippen molar-refractivity contribution in [2.75, 3.05) is 23.7 Å². The first-order valence-electron chi connectivity index (χ1n) is 6.12. The first-order chi connectivity index (χ1) is 8.81. The zero-order valence-corrected chi connectivity index (χ0v) is 11.8. The van der Waals surface area contributed by atoms with E-state index >= 15 is 0 Å². The Kier molecular flexibility index (Phi) is 3.54. The molecule has 0 atom stereocenters. The zero-order valence-electron chi connectivity index (χ0n) is 11.0. The van der Waals surface area contributed by atoms with Crippen LogP contribution >= 0.6 is 0 Å². The van der Waals surface area contributed by atoms with E-state index in [1.54, 1.807) is 6.92 Å². The summed E-state index contributed by atoms with van der Waals surface area (Å²) in [5, 5.41) is 8.76. The maximum Gasteiger partial charge on any atom is 0.305 e. The molecule has 104 valence electrons. The van der Waals surface area contributed by atoms with Gasteiger partial charge in [-0.15, -0.1) is 0 Å². The summed E-state index contributed by atoms with van der Waals surface area (Å²) in [5.41, 5.74) is 2.36. The molecule has 0 fully saturated rings. The molecule has 0 saturated carbocycles. The van der Waals surface area contributed by atoms with Gasteiger partial charge in [0.15, 0.2) is 9.84 Å². The van der Waals surface area contributed by atoms with Crippen LogP contribution in [0.5, 0.6) is 0 Å². The van der Waals surface area contributed by atoms with Gasteiger partial charge in [0.25, 0.3) is 0 Å². The predicted molar refractivity (Wildman–Crippen MR) is 72.4 cm³/mol. The molecule has 2 rings (SSSR count). The van der Waals surface area contributed by atoms with Gasteiger partial charge in [0.2, 0.25) is 0 Å². The number of carbonyl (C=O) groups is 1. The van der Waals surface area contributed by atoms with Crippen LogP contribution in [-0.4, -0.2) is 38.3 Å². The molecular formula is C13H17NO4S. The van der Waals surface area contributed by atoms with Crippen molar-refractivity contribution in [1.29, 1.82) is 0 Å². The van der Waals surface area contributed by atoms with Crippen LogP contribution in [0.3, 0.4) is 0 Å². The van der Waals surface area contributed by atoms with E-state index in [0.717, 1.165) is 11.1 Å². The molecule has 0 bridgehead atoms. The first-order valence-corrected chi connectivity index (χ1v) is 7.77. The second-order valence-electron chi connectivity index (χ2n) is 4.88. The number of carboxylic acid groups (broad SMARTS) is 1. The van der Waals surface area contributed by atoms with Crippen molar-refractivity contribution in [3.63, 3.8) is 0 Å². The molecule has 1 heterocycles. The Labute approximate surface area is 112 Å². The number of carboxylic acids is 1. The Morgan fingerprint density at radius 1 is 1.37 bits per heavy atom. The van der Waals surface area contributed by atoms with Crippen molar-refractivity contribution in [3.8, 4) is 0 Å². The van der Waals surface area contributed by atoms with Gasteiger partial charge < -0.3 is 10.0 Å². The summed E-state index contributed by atoms with van der Waals surface area (Å²) in [5.74, 6) is -0.830. The van der Waals surface area contributed by atoms with E-state index in [-0.39, 0.29) is 12.2 Å². The molecular weight excluding hydrogens is 266 g/mol. The van der Waals surface area contributed by atoms with Crippen molar-refractivity contribution >= 4 is 21.5 Å². The number of hydrogen-bond acceptors (Lipinski definition) is 4. The number of sulfone groups is 1. The summed E-state index contributed by atoms with van der Waals surface area (Å²) in [7, 11) is -3.25. The van der Waals surface area contributed by atoms with Gasteiger partial charge in [-0.1, -0.05) is 6.07 Å². The Bertz CT molecular complexity index is 622. The second kappa shape index (κ2) is 4.85. The lowest BCUT2D eigenvalue weighted by molar-refractivity contribution is -0.136. The highest BCUT2D eigenvalue weighted by atomic mass is 32.2. The van der Waals surface area contributed by atoms with Gasteiger partial charge in [-0.05, 0) is 31.0 Å². The SMILES string of the molecule is Cc1cc(C)c2c(c1)N(CCC(=O)O)CCS2(=O)=O. The topological polar surface area (TPSA) is 74.7 Å². The lowest BCUT2D eigenvalue weighted by atomic mass is 10.1. The van der Waals surface area contributed by atoms with Crippen molar-refractivity contribution in [2.45, 2.75) is 25.2 Å². The Hall–Kier alpha value is -1.56. The Balaban J connectivity index is 2.48. The van der Waals surface area contributed by atoms with E-state index in [1.807, 2.05) is 24.0 Å². The molecule has 0 saturated heterocycles. The summed E-state index contributed by atoms with van der Waals surface area (Å²) in [6.45, 7) is 4.38. The fourth-order valence-corrected chi connectivity index (χ4v) is 4.21. The van der Waals surface area contributed by atoms with Gasteiger partial charge in [-0.25, -0.2) is 8.42 Å². The van der Waals surface area contributed by atoms with Gasteiger partial charge in [0, 0.05) is 13.1 Å². The normalized spacial score (nSPS) is 17.1. The molecule has 1 aromatic carbocycles. The number of hydrogen-bond donors (Lipinski definition) is 1. The molecule has 0 aromatic heterocycles. The van der Waals surface area contributed by atoms with E-state index in [1.165, 1.54) is 0 Å². The zero-order chi connectivity index (χ0) is 14.2. The average Bonchev–Trinajstić information content (AvgIpc) is 2.25. The number of benzene rings is 1. The number of rotatable bonds is 3. The average molecular weight is 283 g/mol. The summed E-state index contributed by atoms with van der Waals surface area (Å²) >= 11 is 0. The summed E-state index contributed by atoms with van der Waals surface area (Å²) < 4.78 is 24.3. The highest BCUT2D eigenvalue weighted by molar-refractivity contribution is 7.91. The Morgan fingerprint density at radius 3 is 2.68 bits per heavy atom. The molecule has 0 spiro atoms.